The zero-order valence-electron chi connectivity index (χ0n) is 12.5. The van der Waals surface area contributed by atoms with Crippen molar-refractivity contribution in [2.75, 3.05) is 7.05 Å². The molecule has 1 heterocycles. The van der Waals surface area contributed by atoms with Crippen LogP contribution >= 0.6 is 0 Å². The minimum absolute atomic E-state index is 0.291. The van der Waals surface area contributed by atoms with E-state index in [1.54, 1.807) is 0 Å². The van der Waals surface area contributed by atoms with Gasteiger partial charge in [0.1, 0.15) is 0 Å². The lowest BCUT2D eigenvalue weighted by Gasteiger charge is -2.19. The third kappa shape index (κ3) is 2.81. The van der Waals surface area contributed by atoms with Crippen LogP contribution in [0, 0.1) is 6.92 Å². The van der Waals surface area contributed by atoms with Crippen molar-refractivity contribution >= 4 is 10.9 Å². The number of pyridine rings is 1. The molecule has 1 aromatic heterocycles. The Morgan fingerprint density at radius 1 is 1.00 bits per heavy atom. The van der Waals surface area contributed by atoms with E-state index in [1.807, 2.05) is 19.3 Å². The highest BCUT2D eigenvalue weighted by Gasteiger charge is 2.14. The molecule has 0 fully saturated rings. The van der Waals surface area contributed by atoms with Gasteiger partial charge in [-0.1, -0.05) is 42.5 Å². The van der Waals surface area contributed by atoms with Crippen LogP contribution in [0.25, 0.3) is 10.9 Å². The first-order valence-corrected chi connectivity index (χ1v) is 7.35. The standard InChI is InChI=1S/C19H20N2/c1-14-7-3-4-8-15(14)13-19(20-2)17-9-5-11-18-16(17)10-6-12-21-18/h3-12,19-20H,13H2,1-2H3. The number of aromatic nitrogens is 1. The third-order valence-corrected chi connectivity index (χ3v) is 4.09. The average molecular weight is 276 g/mol. The Hall–Kier alpha value is -2.19. The van der Waals surface area contributed by atoms with Crippen LogP contribution in [-0.2, 0) is 6.42 Å². The molecule has 0 aliphatic carbocycles. The van der Waals surface area contributed by atoms with Gasteiger partial charge in [0.05, 0.1) is 5.52 Å². The van der Waals surface area contributed by atoms with Crippen molar-refractivity contribution in [2.24, 2.45) is 0 Å². The molecule has 106 valence electrons. The highest BCUT2D eigenvalue weighted by molar-refractivity contribution is 5.82. The lowest BCUT2D eigenvalue weighted by Crippen LogP contribution is -2.19. The maximum absolute atomic E-state index is 4.46. The smallest absolute Gasteiger partial charge is 0.0705 e. The maximum atomic E-state index is 4.46. The number of likely N-dealkylation sites (N-methyl/N-ethyl adjacent to an activating group) is 1. The molecule has 1 atom stereocenters. The van der Waals surface area contributed by atoms with Crippen LogP contribution in [0.5, 0.6) is 0 Å². The van der Waals surface area contributed by atoms with Crippen LogP contribution in [0.1, 0.15) is 22.7 Å². The van der Waals surface area contributed by atoms with Crippen LogP contribution in [0.3, 0.4) is 0 Å². The third-order valence-electron chi connectivity index (χ3n) is 4.09. The number of benzene rings is 2. The summed E-state index contributed by atoms with van der Waals surface area (Å²) in [4.78, 5) is 4.46. The van der Waals surface area contributed by atoms with Gasteiger partial charge in [0.25, 0.3) is 0 Å². The van der Waals surface area contributed by atoms with Gasteiger partial charge in [0.2, 0.25) is 0 Å². The molecule has 1 unspecified atom stereocenters. The maximum Gasteiger partial charge on any atom is 0.0705 e. The molecule has 0 saturated carbocycles. The molecule has 0 amide bonds. The number of nitrogens with zero attached hydrogens (tertiary/aromatic N) is 1. The molecule has 0 aliphatic rings. The average Bonchev–Trinajstić information content (AvgIpc) is 2.54. The Morgan fingerprint density at radius 3 is 2.67 bits per heavy atom. The summed E-state index contributed by atoms with van der Waals surface area (Å²) in [5.41, 5.74) is 5.10. The molecule has 0 spiro atoms. The molecule has 3 aromatic rings. The van der Waals surface area contributed by atoms with E-state index in [4.69, 9.17) is 0 Å². The Balaban J connectivity index is 2.01. The van der Waals surface area contributed by atoms with E-state index >= 15 is 0 Å². The van der Waals surface area contributed by atoms with Gasteiger partial charge in [-0.15, -0.1) is 0 Å². The summed E-state index contributed by atoms with van der Waals surface area (Å²) in [5, 5.41) is 4.69. The molecular weight excluding hydrogens is 256 g/mol. The second-order valence-electron chi connectivity index (χ2n) is 5.39. The predicted molar refractivity (Wildman–Crippen MR) is 88.4 cm³/mol. The van der Waals surface area contributed by atoms with Gasteiger partial charge in [0, 0.05) is 17.6 Å². The summed E-state index contributed by atoms with van der Waals surface area (Å²) >= 11 is 0. The Morgan fingerprint density at radius 2 is 1.86 bits per heavy atom. The summed E-state index contributed by atoms with van der Waals surface area (Å²) in [6.45, 7) is 2.17. The number of hydrogen-bond donors (Lipinski definition) is 1. The van der Waals surface area contributed by atoms with Gasteiger partial charge in [0.15, 0.2) is 0 Å². The monoisotopic (exact) mass is 276 g/mol. The Bertz CT molecular complexity index is 744. The van der Waals surface area contributed by atoms with Gasteiger partial charge in [-0.25, -0.2) is 0 Å². The van der Waals surface area contributed by atoms with Crippen molar-refractivity contribution in [2.45, 2.75) is 19.4 Å². The predicted octanol–water partition coefficient (Wildman–Crippen LogP) is 4.05. The molecule has 0 saturated heterocycles. The van der Waals surface area contributed by atoms with Crippen LogP contribution in [0.4, 0.5) is 0 Å². The summed E-state index contributed by atoms with van der Waals surface area (Å²) in [6, 6.07) is 19.4. The second-order valence-corrected chi connectivity index (χ2v) is 5.39. The zero-order chi connectivity index (χ0) is 14.7. The fraction of sp³-hybridized carbons (Fsp3) is 0.211. The van der Waals surface area contributed by atoms with E-state index in [0.29, 0.717) is 6.04 Å². The van der Waals surface area contributed by atoms with Crippen LogP contribution < -0.4 is 5.32 Å². The van der Waals surface area contributed by atoms with Gasteiger partial charge in [-0.2, -0.15) is 0 Å². The van der Waals surface area contributed by atoms with E-state index in [9.17, 15) is 0 Å². The van der Waals surface area contributed by atoms with Crippen molar-refractivity contribution in [3.63, 3.8) is 0 Å². The van der Waals surface area contributed by atoms with E-state index in [1.165, 1.54) is 22.1 Å². The normalized spacial score (nSPS) is 12.5. The topological polar surface area (TPSA) is 24.9 Å². The van der Waals surface area contributed by atoms with Crippen LogP contribution in [-0.4, -0.2) is 12.0 Å². The van der Waals surface area contributed by atoms with Crippen molar-refractivity contribution in [1.82, 2.24) is 10.3 Å². The molecular formula is C19H20N2. The highest BCUT2D eigenvalue weighted by atomic mass is 14.9. The second kappa shape index (κ2) is 6.06. The fourth-order valence-electron chi connectivity index (χ4n) is 2.86. The first-order valence-electron chi connectivity index (χ1n) is 7.35. The van der Waals surface area contributed by atoms with E-state index in [2.05, 4.69) is 65.8 Å². The van der Waals surface area contributed by atoms with Crippen molar-refractivity contribution < 1.29 is 0 Å². The Labute approximate surface area is 125 Å². The molecule has 1 N–H and O–H groups in total. The minimum Gasteiger partial charge on any atom is -0.313 e. The van der Waals surface area contributed by atoms with Crippen molar-refractivity contribution in [3.05, 3.63) is 77.5 Å². The largest absolute Gasteiger partial charge is 0.313 e. The van der Waals surface area contributed by atoms with E-state index in [-0.39, 0.29) is 0 Å². The molecule has 3 rings (SSSR count). The quantitative estimate of drug-likeness (QED) is 0.777. The zero-order valence-corrected chi connectivity index (χ0v) is 12.5. The number of nitrogens with one attached hydrogen (secondary N) is 1. The van der Waals surface area contributed by atoms with Gasteiger partial charge < -0.3 is 5.32 Å². The lowest BCUT2D eigenvalue weighted by atomic mass is 9.94. The molecule has 2 nitrogen and oxygen atoms in total. The molecule has 21 heavy (non-hydrogen) atoms. The van der Waals surface area contributed by atoms with Gasteiger partial charge in [-0.05, 0) is 49.2 Å². The minimum atomic E-state index is 0.291. The summed E-state index contributed by atoms with van der Waals surface area (Å²) in [6.07, 6.45) is 2.83. The molecule has 2 aromatic carbocycles. The summed E-state index contributed by atoms with van der Waals surface area (Å²) in [7, 11) is 2.03. The number of hydrogen-bond acceptors (Lipinski definition) is 2. The van der Waals surface area contributed by atoms with Crippen LogP contribution in [0.2, 0.25) is 0 Å². The Kier molecular flexibility index (Phi) is 3.98. The summed E-state index contributed by atoms with van der Waals surface area (Å²) in [5.74, 6) is 0. The molecule has 0 radical (unpaired) electrons. The molecule has 0 aliphatic heterocycles. The van der Waals surface area contributed by atoms with Crippen LogP contribution in [0.15, 0.2) is 60.8 Å². The SMILES string of the molecule is CNC(Cc1ccccc1C)c1cccc2ncccc12. The first-order chi connectivity index (χ1) is 10.3. The van der Waals surface area contributed by atoms with E-state index < -0.39 is 0 Å². The molecule has 2 heteroatoms. The molecule has 0 bridgehead atoms. The first kappa shape index (κ1) is 13.8. The summed E-state index contributed by atoms with van der Waals surface area (Å²) < 4.78 is 0. The lowest BCUT2D eigenvalue weighted by molar-refractivity contribution is 0.595. The van der Waals surface area contributed by atoms with Gasteiger partial charge >= 0.3 is 0 Å². The van der Waals surface area contributed by atoms with Crippen molar-refractivity contribution in [1.29, 1.82) is 0 Å². The number of fused-ring (bicyclic) bond motifs is 1. The number of aryl methyl sites for hydroxylation is 1. The fourth-order valence-corrected chi connectivity index (χ4v) is 2.86. The van der Waals surface area contributed by atoms with Crippen molar-refractivity contribution in [3.8, 4) is 0 Å². The highest BCUT2D eigenvalue weighted by Crippen LogP contribution is 2.26. The number of rotatable bonds is 4. The van der Waals surface area contributed by atoms with Gasteiger partial charge in [-0.3, -0.25) is 4.98 Å². The van der Waals surface area contributed by atoms with E-state index in [0.717, 1.165) is 11.9 Å².